The molecule has 1 saturated heterocycles. The van der Waals surface area contributed by atoms with Crippen LogP contribution in [0.4, 0.5) is 0 Å². The number of rotatable bonds is 4. The normalized spacial score (nSPS) is 28.1. The fourth-order valence-electron chi connectivity index (χ4n) is 3.52. The van der Waals surface area contributed by atoms with Crippen LogP contribution in [0.5, 0.6) is 5.75 Å². The van der Waals surface area contributed by atoms with Crippen LogP contribution in [0.2, 0.25) is 0 Å². The molecule has 1 aliphatic carbocycles. The van der Waals surface area contributed by atoms with Gasteiger partial charge >= 0.3 is 0 Å². The molecule has 1 N–H and O–H groups in total. The molecule has 0 spiro atoms. The Labute approximate surface area is 143 Å². The van der Waals surface area contributed by atoms with E-state index in [4.69, 9.17) is 4.74 Å². The van der Waals surface area contributed by atoms with Crippen LogP contribution < -0.4 is 0 Å². The number of ether oxygens (including phenoxy) is 1. The lowest BCUT2D eigenvalue weighted by molar-refractivity contribution is 0.0828. The van der Waals surface area contributed by atoms with Crippen LogP contribution >= 0.6 is 0 Å². The predicted octanol–water partition coefficient (Wildman–Crippen LogP) is 2.20. The second kappa shape index (κ2) is 6.70. The highest BCUT2D eigenvalue weighted by Gasteiger charge is 2.34. The lowest BCUT2D eigenvalue weighted by Crippen LogP contribution is -2.31. The van der Waals surface area contributed by atoms with Crippen molar-refractivity contribution in [1.29, 1.82) is 0 Å². The Hall–Kier alpha value is -1.63. The predicted molar refractivity (Wildman–Crippen MR) is 92.4 cm³/mol. The standard InChI is InChI=1S/C18H23NO4S/c1-19-10-9-13(12-19)17-8-7-16(11-18(17)23-2)24(21,22)15-5-3-14(20)4-6-15/h3-8,11,13,17-18,20H,9-10,12H2,1-2H3/t13-,17?,18?/m1/s1. The zero-order valence-electron chi connectivity index (χ0n) is 13.9. The van der Waals surface area contributed by atoms with Gasteiger partial charge in [-0.3, -0.25) is 0 Å². The number of aromatic hydroxyl groups is 1. The van der Waals surface area contributed by atoms with Crippen molar-refractivity contribution in [2.75, 3.05) is 27.2 Å². The second-order valence-corrected chi connectivity index (χ2v) is 8.46. The number of hydrogen-bond donors (Lipinski definition) is 1. The summed E-state index contributed by atoms with van der Waals surface area (Å²) in [4.78, 5) is 2.71. The van der Waals surface area contributed by atoms with Crippen LogP contribution in [-0.2, 0) is 14.6 Å². The zero-order chi connectivity index (χ0) is 17.3. The second-order valence-electron chi connectivity index (χ2n) is 6.51. The Balaban J connectivity index is 1.86. The van der Waals surface area contributed by atoms with Gasteiger partial charge in [0, 0.05) is 19.6 Å². The number of phenols is 1. The van der Waals surface area contributed by atoms with Gasteiger partial charge in [-0.25, -0.2) is 8.42 Å². The summed E-state index contributed by atoms with van der Waals surface area (Å²) in [5, 5.41) is 9.34. The molecular formula is C18H23NO4S. The number of nitrogens with zero attached hydrogens (tertiary/aromatic N) is 1. The smallest absolute Gasteiger partial charge is 0.206 e. The van der Waals surface area contributed by atoms with Crippen LogP contribution in [-0.4, -0.2) is 51.8 Å². The van der Waals surface area contributed by atoms with Crippen molar-refractivity contribution in [3.63, 3.8) is 0 Å². The SMILES string of the molecule is COC1C=C(S(=O)(=O)c2ccc(O)cc2)C=CC1[C@@H]1CCN(C)C1. The van der Waals surface area contributed by atoms with Gasteiger partial charge in [0.2, 0.25) is 9.84 Å². The zero-order valence-corrected chi connectivity index (χ0v) is 14.7. The molecule has 1 aromatic carbocycles. The molecule has 1 aliphatic heterocycles. The number of likely N-dealkylation sites (tertiary alicyclic amines) is 1. The molecule has 24 heavy (non-hydrogen) atoms. The lowest BCUT2D eigenvalue weighted by Gasteiger charge is -2.29. The number of allylic oxidation sites excluding steroid dienone is 1. The van der Waals surface area contributed by atoms with E-state index >= 15 is 0 Å². The van der Waals surface area contributed by atoms with Crippen LogP contribution in [0.1, 0.15) is 6.42 Å². The summed E-state index contributed by atoms with van der Waals surface area (Å²) >= 11 is 0. The maximum Gasteiger partial charge on any atom is 0.206 e. The van der Waals surface area contributed by atoms with E-state index in [1.807, 2.05) is 6.08 Å². The van der Waals surface area contributed by atoms with Crippen LogP contribution in [0.25, 0.3) is 0 Å². The Bertz CT molecular complexity index is 752. The molecule has 1 fully saturated rings. The summed E-state index contributed by atoms with van der Waals surface area (Å²) in [6, 6.07) is 5.59. The summed E-state index contributed by atoms with van der Waals surface area (Å²) < 4.78 is 31.1. The Morgan fingerprint density at radius 3 is 2.54 bits per heavy atom. The monoisotopic (exact) mass is 349 g/mol. The molecule has 5 nitrogen and oxygen atoms in total. The minimum absolute atomic E-state index is 0.0438. The number of methoxy groups -OCH3 is 1. The molecule has 1 heterocycles. The first-order valence-corrected chi connectivity index (χ1v) is 9.55. The first-order chi connectivity index (χ1) is 11.4. The summed E-state index contributed by atoms with van der Waals surface area (Å²) in [5.41, 5.74) is 0. The average Bonchev–Trinajstić information content (AvgIpc) is 3.01. The molecular weight excluding hydrogens is 326 g/mol. The summed E-state index contributed by atoms with van der Waals surface area (Å²) in [6.07, 6.45) is 6.24. The average molecular weight is 349 g/mol. The number of hydrogen-bond acceptors (Lipinski definition) is 5. The number of sulfone groups is 1. The van der Waals surface area contributed by atoms with Gasteiger partial charge in [-0.1, -0.05) is 6.08 Å². The van der Waals surface area contributed by atoms with Crippen LogP contribution in [0.3, 0.4) is 0 Å². The van der Waals surface area contributed by atoms with Crippen molar-refractivity contribution >= 4 is 9.84 Å². The van der Waals surface area contributed by atoms with E-state index in [1.165, 1.54) is 24.3 Å². The highest BCUT2D eigenvalue weighted by atomic mass is 32.2. The highest BCUT2D eigenvalue weighted by molar-refractivity contribution is 7.95. The summed E-state index contributed by atoms with van der Waals surface area (Å²) in [5.74, 6) is 0.714. The Kier molecular flexibility index (Phi) is 4.80. The minimum Gasteiger partial charge on any atom is -0.508 e. The van der Waals surface area contributed by atoms with E-state index in [2.05, 4.69) is 11.9 Å². The molecule has 3 rings (SSSR count). The van der Waals surface area contributed by atoms with Gasteiger partial charge in [-0.15, -0.1) is 0 Å². The number of phenolic OH excluding ortho intramolecular Hbond substituents is 1. The van der Waals surface area contributed by atoms with Gasteiger partial charge in [-0.05, 0) is 62.3 Å². The highest BCUT2D eigenvalue weighted by Crippen LogP contribution is 2.34. The third-order valence-corrected chi connectivity index (χ3v) is 6.68. The third-order valence-electron chi connectivity index (χ3n) is 4.89. The molecule has 6 heteroatoms. The third kappa shape index (κ3) is 3.27. The first kappa shape index (κ1) is 17.2. The van der Waals surface area contributed by atoms with Crippen molar-refractivity contribution in [2.24, 2.45) is 11.8 Å². The maximum absolute atomic E-state index is 12.8. The number of benzene rings is 1. The first-order valence-electron chi connectivity index (χ1n) is 8.07. The van der Waals surface area contributed by atoms with Gasteiger partial charge in [0.05, 0.1) is 15.9 Å². The van der Waals surface area contributed by atoms with E-state index in [-0.39, 0.29) is 27.6 Å². The molecule has 0 amide bonds. The topological polar surface area (TPSA) is 66.8 Å². The minimum atomic E-state index is -3.61. The van der Waals surface area contributed by atoms with E-state index in [0.29, 0.717) is 5.92 Å². The van der Waals surface area contributed by atoms with Crippen molar-refractivity contribution in [3.8, 4) is 5.75 Å². The van der Waals surface area contributed by atoms with Crippen molar-refractivity contribution in [2.45, 2.75) is 17.4 Å². The van der Waals surface area contributed by atoms with Crippen molar-refractivity contribution in [1.82, 2.24) is 4.90 Å². The molecule has 0 bridgehead atoms. The van der Waals surface area contributed by atoms with Crippen molar-refractivity contribution < 1.29 is 18.3 Å². The molecule has 3 atom stereocenters. The van der Waals surface area contributed by atoms with Gasteiger partial charge in [0.15, 0.2) is 0 Å². The molecule has 2 aliphatic rings. The van der Waals surface area contributed by atoms with Gasteiger partial charge in [0.1, 0.15) is 5.75 Å². The molecule has 130 valence electrons. The van der Waals surface area contributed by atoms with Crippen molar-refractivity contribution in [3.05, 3.63) is 47.4 Å². The lowest BCUT2D eigenvalue weighted by atomic mass is 9.84. The fraction of sp³-hybridized carbons (Fsp3) is 0.444. The van der Waals surface area contributed by atoms with E-state index in [0.717, 1.165) is 19.5 Å². The van der Waals surface area contributed by atoms with Crippen LogP contribution in [0, 0.1) is 11.8 Å². The summed E-state index contributed by atoms with van der Waals surface area (Å²) in [7, 11) is 0.117. The molecule has 0 saturated carbocycles. The van der Waals surface area contributed by atoms with Gasteiger partial charge in [-0.2, -0.15) is 0 Å². The Morgan fingerprint density at radius 1 is 1.25 bits per heavy atom. The van der Waals surface area contributed by atoms with E-state index in [1.54, 1.807) is 19.3 Å². The molecule has 2 unspecified atom stereocenters. The fourth-order valence-corrected chi connectivity index (χ4v) is 4.86. The van der Waals surface area contributed by atoms with Gasteiger partial charge in [0.25, 0.3) is 0 Å². The molecule has 0 radical (unpaired) electrons. The summed E-state index contributed by atoms with van der Waals surface area (Å²) in [6.45, 7) is 2.07. The quantitative estimate of drug-likeness (QED) is 0.903. The van der Waals surface area contributed by atoms with E-state index < -0.39 is 9.84 Å². The maximum atomic E-state index is 12.8. The van der Waals surface area contributed by atoms with E-state index in [9.17, 15) is 13.5 Å². The Morgan fingerprint density at radius 2 is 1.96 bits per heavy atom. The van der Waals surface area contributed by atoms with Crippen LogP contribution in [0.15, 0.2) is 52.3 Å². The van der Waals surface area contributed by atoms with Gasteiger partial charge < -0.3 is 14.7 Å². The largest absolute Gasteiger partial charge is 0.508 e. The molecule has 0 aromatic heterocycles. The molecule has 1 aromatic rings.